The minimum Gasteiger partial charge on any atom is -0.375 e. The number of thiocarbonyl (C=S) groups is 1. The molecule has 1 aromatic carbocycles. The van der Waals surface area contributed by atoms with Crippen molar-refractivity contribution >= 4 is 23.0 Å². The first-order chi connectivity index (χ1) is 8.13. The van der Waals surface area contributed by atoms with Crippen LogP contribution < -0.4 is 11.2 Å². The lowest BCUT2D eigenvalue weighted by atomic mass is 10.1. The molecule has 0 radical (unpaired) electrons. The fourth-order valence-corrected chi connectivity index (χ4v) is 1.42. The third-order valence-electron chi connectivity index (χ3n) is 2.25. The Bertz CT molecular complexity index is 401. The Kier molecular flexibility index (Phi) is 5.56. The van der Waals surface area contributed by atoms with Crippen LogP contribution in [0.25, 0.3) is 0 Å². The van der Waals surface area contributed by atoms with E-state index in [4.69, 9.17) is 18.0 Å². The molecule has 0 heterocycles. The van der Waals surface area contributed by atoms with Gasteiger partial charge in [0.05, 0.1) is 5.71 Å². The lowest BCUT2D eigenvalue weighted by Crippen LogP contribution is -2.25. The summed E-state index contributed by atoms with van der Waals surface area (Å²) in [5.74, 6) is -0.258. The number of hydrogen-bond acceptors (Lipinski definition) is 2. The molecule has 3 nitrogen and oxygen atoms in total. The molecule has 0 spiro atoms. The molecular weight excluding hydrogens is 237 g/mol. The molecule has 5 heteroatoms. The van der Waals surface area contributed by atoms with Gasteiger partial charge in [-0.15, -0.1) is 0 Å². The van der Waals surface area contributed by atoms with Gasteiger partial charge in [-0.25, -0.2) is 4.39 Å². The average molecular weight is 253 g/mol. The Hall–Kier alpha value is -1.49. The third kappa shape index (κ3) is 4.91. The molecule has 0 saturated carbocycles. The highest BCUT2D eigenvalue weighted by Gasteiger charge is 2.04. The van der Waals surface area contributed by atoms with Gasteiger partial charge in [0, 0.05) is 0 Å². The molecule has 0 aromatic heterocycles. The highest BCUT2D eigenvalue weighted by molar-refractivity contribution is 7.80. The number of rotatable bonds is 5. The summed E-state index contributed by atoms with van der Waals surface area (Å²) < 4.78 is 12.8. The van der Waals surface area contributed by atoms with Gasteiger partial charge < -0.3 is 5.73 Å². The van der Waals surface area contributed by atoms with Crippen LogP contribution in [0.4, 0.5) is 4.39 Å². The molecule has 0 aliphatic rings. The van der Waals surface area contributed by atoms with Crippen LogP contribution in [0.3, 0.4) is 0 Å². The van der Waals surface area contributed by atoms with Crippen molar-refractivity contribution in [1.29, 1.82) is 0 Å². The van der Waals surface area contributed by atoms with Gasteiger partial charge in [0.1, 0.15) is 5.82 Å². The van der Waals surface area contributed by atoms with Crippen LogP contribution in [-0.2, 0) is 0 Å². The van der Waals surface area contributed by atoms with Crippen molar-refractivity contribution in [3.05, 3.63) is 35.6 Å². The number of hydrogen-bond donors (Lipinski definition) is 2. The van der Waals surface area contributed by atoms with Crippen molar-refractivity contribution in [3.8, 4) is 0 Å². The summed E-state index contributed by atoms with van der Waals surface area (Å²) in [4.78, 5) is 0. The molecule has 17 heavy (non-hydrogen) atoms. The second kappa shape index (κ2) is 6.96. The number of nitrogens with one attached hydrogen (secondary N) is 1. The standard InChI is InChI=1S/C12H16FN3S/c1-2-3-4-11(15-16-12(14)17)9-5-7-10(13)8-6-9/h5-8H,2-4H2,1H3,(H3,14,16,17). The van der Waals surface area contributed by atoms with Crippen LogP contribution in [0.5, 0.6) is 0 Å². The molecule has 1 aromatic rings. The predicted octanol–water partition coefficient (Wildman–Crippen LogP) is 2.55. The SMILES string of the molecule is CCCCC(=NNC(N)=S)c1ccc(F)cc1. The quantitative estimate of drug-likeness (QED) is 0.482. The molecule has 0 atom stereocenters. The Labute approximate surface area is 106 Å². The van der Waals surface area contributed by atoms with Crippen LogP contribution >= 0.6 is 12.2 Å². The summed E-state index contributed by atoms with van der Waals surface area (Å²) in [5.41, 5.74) is 9.61. The molecule has 0 fully saturated rings. The molecule has 0 saturated heterocycles. The summed E-state index contributed by atoms with van der Waals surface area (Å²) in [6.07, 6.45) is 2.88. The van der Waals surface area contributed by atoms with Crippen molar-refractivity contribution in [2.45, 2.75) is 26.2 Å². The molecule has 0 aliphatic carbocycles. The Morgan fingerprint density at radius 2 is 2.06 bits per heavy atom. The number of halogens is 1. The van der Waals surface area contributed by atoms with E-state index in [2.05, 4.69) is 17.5 Å². The molecule has 92 valence electrons. The fourth-order valence-electron chi connectivity index (χ4n) is 1.37. The number of nitrogens with zero attached hydrogens (tertiary/aromatic N) is 1. The summed E-state index contributed by atoms with van der Waals surface area (Å²) in [5, 5.41) is 4.26. The minimum absolute atomic E-state index is 0.126. The van der Waals surface area contributed by atoms with Gasteiger partial charge in [0.25, 0.3) is 0 Å². The summed E-state index contributed by atoms with van der Waals surface area (Å²) in [7, 11) is 0. The van der Waals surface area contributed by atoms with Crippen molar-refractivity contribution in [2.24, 2.45) is 10.8 Å². The van der Waals surface area contributed by atoms with E-state index in [1.807, 2.05) is 0 Å². The molecule has 1 rings (SSSR count). The zero-order valence-electron chi connectivity index (χ0n) is 9.74. The van der Waals surface area contributed by atoms with Crippen molar-refractivity contribution in [3.63, 3.8) is 0 Å². The Morgan fingerprint density at radius 3 is 2.59 bits per heavy atom. The van der Waals surface area contributed by atoms with E-state index in [1.165, 1.54) is 12.1 Å². The van der Waals surface area contributed by atoms with Gasteiger partial charge >= 0.3 is 0 Å². The smallest absolute Gasteiger partial charge is 0.184 e. The minimum atomic E-state index is -0.258. The van der Waals surface area contributed by atoms with Crippen molar-refractivity contribution in [2.75, 3.05) is 0 Å². The van der Waals surface area contributed by atoms with Gasteiger partial charge in [-0.2, -0.15) is 5.10 Å². The van der Waals surface area contributed by atoms with Crippen molar-refractivity contribution in [1.82, 2.24) is 5.43 Å². The molecule has 0 bridgehead atoms. The van der Waals surface area contributed by atoms with E-state index in [-0.39, 0.29) is 10.9 Å². The summed E-state index contributed by atoms with van der Waals surface area (Å²) in [6, 6.07) is 6.23. The first kappa shape index (κ1) is 13.6. The summed E-state index contributed by atoms with van der Waals surface area (Å²) >= 11 is 4.70. The van der Waals surface area contributed by atoms with Crippen molar-refractivity contribution < 1.29 is 4.39 Å². The normalized spacial score (nSPS) is 11.3. The molecule has 0 amide bonds. The van der Waals surface area contributed by atoms with Crippen LogP contribution in [0.2, 0.25) is 0 Å². The van der Waals surface area contributed by atoms with Gasteiger partial charge in [0.15, 0.2) is 5.11 Å². The molecule has 0 aliphatic heterocycles. The first-order valence-corrected chi connectivity index (χ1v) is 5.92. The molecule has 0 unspecified atom stereocenters. The summed E-state index contributed by atoms with van der Waals surface area (Å²) in [6.45, 7) is 2.10. The maximum atomic E-state index is 12.8. The largest absolute Gasteiger partial charge is 0.375 e. The zero-order valence-corrected chi connectivity index (χ0v) is 10.6. The van der Waals surface area contributed by atoms with Gasteiger partial charge in [-0.3, -0.25) is 5.43 Å². The topological polar surface area (TPSA) is 50.4 Å². The van der Waals surface area contributed by atoms with E-state index in [9.17, 15) is 4.39 Å². The van der Waals surface area contributed by atoms with Gasteiger partial charge in [-0.1, -0.05) is 25.5 Å². The second-order valence-corrected chi connectivity index (χ2v) is 4.08. The highest BCUT2D eigenvalue weighted by Crippen LogP contribution is 2.09. The number of hydrazone groups is 1. The lowest BCUT2D eigenvalue weighted by Gasteiger charge is -2.06. The van der Waals surface area contributed by atoms with E-state index < -0.39 is 0 Å². The fraction of sp³-hybridized carbons (Fsp3) is 0.333. The van der Waals surface area contributed by atoms with Crippen LogP contribution in [-0.4, -0.2) is 10.8 Å². The van der Waals surface area contributed by atoms with Gasteiger partial charge in [0.2, 0.25) is 0 Å². The van der Waals surface area contributed by atoms with Crippen LogP contribution in [0.15, 0.2) is 29.4 Å². The van der Waals surface area contributed by atoms with E-state index >= 15 is 0 Å². The third-order valence-corrected chi connectivity index (χ3v) is 2.34. The zero-order chi connectivity index (χ0) is 12.7. The first-order valence-electron chi connectivity index (χ1n) is 5.51. The predicted molar refractivity (Wildman–Crippen MR) is 72.4 cm³/mol. The van der Waals surface area contributed by atoms with E-state index in [1.54, 1.807) is 12.1 Å². The maximum absolute atomic E-state index is 12.8. The number of benzene rings is 1. The van der Waals surface area contributed by atoms with E-state index in [0.717, 1.165) is 30.5 Å². The molecule has 3 N–H and O–H groups in total. The van der Waals surface area contributed by atoms with E-state index in [0.29, 0.717) is 0 Å². The average Bonchev–Trinajstić information content (AvgIpc) is 2.30. The number of nitrogens with two attached hydrogens (primary N) is 1. The highest BCUT2D eigenvalue weighted by atomic mass is 32.1. The monoisotopic (exact) mass is 253 g/mol. The Morgan fingerprint density at radius 1 is 1.41 bits per heavy atom. The van der Waals surface area contributed by atoms with Crippen LogP contribution in [0, 0.1) is 5.82 Å². The second-order valence-electron chi connectivity index (χ2n) is 3.64. The number of unbranched alkanes of at least 4 members (excludes halogenated alkanes) is 1. The lowest BCUT2D eigenvalue weighted by molar-refractivity contribution is 0.627. The Balaban J connectivity index is 2.84. The van der Waals surface area contributed by atoms with Crippen LogP contribution in [0.1, 0.15) is 31.7 Å². The molecular formula is C12H16FN3S. The maximum Gasteiger partial charge on any atom is 0.184 e. The van der Waals surface area contributed by atoms with Gasteiger partial charge in [-0.05, 0) is 42.8 Å².